The zero-order valence-electron chi connectivity index (χ0n) is 12.5. The highest BCUT2D eigenvalue weighted by Crippen LogP contribution is 2.33. The molecule has 0 saturated carbocycles. The summed E-state index contributed by atoms with van der Waals surface area (Å²) in [6, 6.07) is 0. The van der Waals surface area contributed by atoms with Gasteiger partial charge in [-0.2, -0.15) is 0 Å². The second-order valence-corrected chi connectivity index (χ2v) is 6.64. The quantitative estimate of drug-likeness (QED) is 0.743. The molecule has 0 radical (unpaired) electrons. The molecule has 2 rings (SSSR count). The Hall–Kier alpha value is -0.810. The molecule has 0 bridgehead atoms. The topological polar surface area (TPSA) is 58.6 Å². The molecule has 0 aliphatic carbocycles. The second kappa shape index (κ2) is 6.31. The number of rotatable bonds is 0. The van der Waals surface area contributed by atoms with Gasteiger partial charge in [0.1, 0.15) is 11.4 Å². The van der Waals surface area contributed by atoms with Gasteiger partial charge in [-0.15, -0.1) is 12.4 Å². The Morgan fingerprint density at radius 2 is 2.10 bits per heavy atom. The molecule has 1 atom stereocenters. The van der Waals surface area contributed by atoms with E-state index in [0.717, 1.165) is 19.4 Å². The van der Waals surface area contributed by atoms with Gasteiger partial charge in [0, 0.05) is 26.1 Å². The van der Waals surface area contributed by atoms with Crippen LogP contribution in [0, 0.1) is 5.41 Å². The maximum absolute atomic E-state index is 12.2. The Morgan fingerprint density at radius 1 is 1.40 bits per heavy atom. The fourth-order valence-electron chi connectivity index (χ4n) is 2.86. The SMILES string of the molecule is CC(C)(C)OC(=O)N1CCC(=O)C2(CCCNC2)C1.Cl. The van der Waals surface area contributed by atoms with Crippen molar-refractivity contribution in [3.8, 4) is 0 Å². The van der Waals surface area contributed by atoms with E-state index in [-0.39, 0.29) is 23.9 Å². The smallest absolute Gasteiger partial charge is 0.410 e. The van der Waals surface area contributed by atoms with E-state index in [4.69, 9.17) is 4.74 Å². The molecule has 1 spiro atoms. The average Bonchev–Trinajstić information content (AvgIpc) is 2.32. The third-order valence-corrected chi connectivity index (χ3v) is 3.82. The lowest BCUT2D eigenvalue weighted by atomic mass is 9.73. The molecule has 5 nitrogen and oxygen atoms in total. The highest BCUT2D eigenvalue weighted by molar-refractivity contribution is 5.88. The van der Waals surface area contributed by atoms with Crippen molar-refractivity contribution >= 4 is 24.3 Å². The molecule has 20 heavy (non-hydrogen) atoms. The Bertz CT molecular complexity index is 373. The van der Waals surface area contributed by atoms with Crippen LogP contribution < -0.4 is 5.32 Å². The number of nitrogens with one attached hydrogen (secondary N) is 1. The summed E-state index contributed by atoms with van der Waals surface area (Å²) < 4.78 is 5.40. The first-order valence-corrected chi connectivity index (χ1v) is 7.04. The van der Waals surface area contributed by atoms with Crippen LogP contribution in [0.4, 0.5) is 4.79 Å². The molecule has 2 aliphatic rings. The zero-order valence-corrected chi connectivity index (χ0v) is 13.3. The number of nitrogens with zero attached hydrogens (tertiary/aromatic N) is 1. The summed E-state index contributed by atoms with van der Waals surface area (Å²) in [5.41, 5.74) is -0.871. The summed E-state index contributed by atoms with van der Waals surface area (Å²) in [7, 11) is 0. The van der Waals surface area contributed by atoms with Gasteiger partial charge in [0.15, 0.2) is 0 Å². The molecule has 2 fully saturated rings. The van der Waals surface area contributed by atoms with E-state index in [0.29, 0.717) is 31.8 Å². The van der Waals surface area contributed by atoms with E-state index in [9.17, 15) is 9.59 Å². The first-order valence-electron chi connectivity index (χ1n) is 7.04. The van der Waals surface area contributed by atoms with E-state index in [1.54, 1.807) is 4.90 Å². The minimum Gasteiger partial charge on any atom is -0.444 e. The van der Waals surface area contributed by atoms with Gasteiger partial charge < -0.3 is 15.0 Å². The van der Waals surface area contributed by atoms with E-state index in [2.05, 4.69) is 5.32 Å². The van der Waals surface area contributed by atoms with Crippen LogP contribution in [-0.2, 0) is 9.53 Å². The van der Waals surface area contributed by atoms with Gasteiger partial charge >= 0.3 is 6.09 Å². The maximum atomic E-state index is 12.2. The van der Waals surface area contributed by atoms with Crippen molar-refractivity contribution in [1.82, 2.24) is 10.2 Å². The standard InChI is InChI=1S/C14H24N2O3.ClH/c1-13(2,3)19-12(18)16-8-5-11(17)14(10-16)6-4-7-15-9-14;/h15H,4-10H2,1-3H3;1H. The fourth-order valence-corrected chi connectivity index (χ4v) is 2.86. The normalized spacial score (nSPS) is 27.1. The number of amides is 1. The molecule has 6 heteroatoms. The number of halogens is 1. The minimum atomic E-state index is -0.490. The van der Waals surface area contributed by atoms with Crippen molar-refractivity contribution in [2.24, 2.45) is 5.41 Å². The number of carbonyl (C=O) groups excluding carboxylic acids is 2. The zero-order chi connectivity index (χ0) is 14.1. The van der Waals surface area contributed by atoms with E-state index >= 15 is 0 Å². The molecule has 0 aromatic rings. The molecule has 2 heterocycles. The highest BCUT2D eigenvalue weighted by Gasteiger charge is 2.45. The van der Waals surface area contributed by atoms with Crippen molar-refractivity contribution in [1.29, 1.82) is 0 Å². The first kappa shape index (κ1) is 17.2. The molecule has 1 amide bonds. The summed E-state index contributed by atoms with van der Waals surface area (Å²) in [4.78, 5) is 26.0. The van der Waals surface area contributed by atoms with Crippen LogP contribution in [-0.4, -0.2) is 48.6 Å². The number of ketones is 1. The molecule has 2 saturated heterocycles. The Balaban J connectivity index is 0.00000200. The van der Waals surface area contributed by atoms with Crippen molar-refractivity contribution in [2.45, 2.75) is 45.6 Å². The van der Waals surface area contributed by atoms with Gasteiger partial charge in [-0.05, 0) is 40.2 Å². The van der Waals surface area contributed by atoms with Crippen LogP contribution in [0.25, 0.3) is 0 Å². The van der Waals surface area contributed by atoms with Crippen molar-refractivity contribution in [3.63, 3.8) is 0 Å². The minimum absolute atomic E-state index is 0. The van der Waals surface area contributed by atoms with E-state index in [1.807, 2.05) is 20.8 Å². The molecule has 0 aromatic heterocycles. The monoisotopic (exact) mass is 304 g/mol. The molecule has 2 aliphatic heterocycles. The van der Waals surface area contributed by atoms with Gasteiger partial charge in [-0.1, -0.05) is 0 Å². The second-order valence-electron chi connectivity index (χ2n) is 6.64. The lowest BCUT2D eigenvalue weighted by molar-refractivity contribution is -0.134. The van der Waals surface area contributed by atoms with Gasteiger partial charge in [-0.25, -0.2) is 4.79 Å². The van der Waals surface area contributed by atoms with Crippen LogP contribution in [0.15, 0.2) is 0 Å². The van der Waals surface area contributed by atoms with E-state index in [1.165, 1.54) is 0 Å². The third-order valence-electron chi connectivity index (χ3n) is 3.82. The predicted molar refractivity (Wildman–Crippen MR) is 79.2 cm³/mol. The number of Topliss-reactive ketones (excluding diaryl/α,β-unsaturated/α-hetero) is 1. The number of likely N-dealkylation sites (tertiary alicyclic amines) is 1. The number of piperidine rings is 2. The molecule has 1 N–H and O–H groups in total. The summed E-state index contributed by atoms with van der Waals surface area (Å²) in [5, 5.41) is 3.28. The van der Waals surface area contributed by atoms with Gasteiger partial charge in [0.25, 0.3) is 0 Å². The van der Waals surface area contributed by atoms with Gasteiger partial charge in [0.2, 0.25) is 0 Å². The largest absolute Gasteiger partial charge is 0.444 e. The fraction of sp³-hybridized carbons (Fsp3) is 0.857. The molecule has 116 valence electrons. The average molecular weight is 305 g/mol. The lowest BCUT2D eigenvalue weighted by Gasteiger charge is -2.43. The van der Waals surface area contributed by atoms with Crippen LogP contribution in [0.1, 0.15) is 40.0 Å². The summed E-state index contributed by atoms with van der Waals surface area (Å²) in [6.07, 6.45) is 2.01. The van der Waals surface area contributed by atoms with Gasteiger partial charge in [0.05, 0.1) is 5.41 Å². The van der Waals surface area contributed by atoms with Crippen molar-refractivity contribution in [2.75, 3.05) is 26.2 Å². The first-order chi connectivity index (χ1) is 8.82. The Morgan fingerprint density at radius 3 is 2.65 bits per heavy atom. The summed E-state index contributed by atoms with van der Waals surface area (Å²) in [5.74, 6) is 0.291. The highest BCUT2D eigenvalue weighted by atomic mass is 35.5. The number of hydrogen-bond acceptors (Lipinski definition) is 4. The lowest BCUT2D eigenvalue weighted by Crippen LogP contribution is -2.57. The third kappa shape index (κ3) is 3.85. The predicted octanol–water partition coefficient (Wildman–Crippen LogP) is 1.99. The molecule has 0 aromatic carbocycles. The maximum Gasteiger partial charge on any atom is 0.410 e. The Labute approximate surface area is 126 Å². The van der Waals surface area contributed by atoms with Crippen molar-refractivity contribution in [3.05, 3.63) is 0 Å². The number of hydrogen-bond donors (Lipinski definition) is 1. The van der Waals surface area contributed by atoms with Crippen LogP contribution >= 0.6 is 12.4 Å². The summed E-state index contributed by atoms with van der Waals surface area (Å²) in [6.45, 7) is 8.20. The van der Waals surface area contributed by atoms with Crippen molar-refractivity contribution < 1.29 is 14.3 Å². The molecular weight excluding hydrogens is 280 g/mol. The van der Waals surface area contributed by atoms with E-state index < -0.39 is 5.60 Å². The Kier molecular flexibility index (Phi) is 5.44. The summed E-state index contributed by atoms with van der Waals surface area (Å²) >= 11 is 0. The molecular formula is C14H25ClN2O3. The van der Waals surface area contributed by atoms with Crippen LogP contribution in [0.3, 0.4) is 0 Å². The van der Waals surface area contributed by atoms with Crippen LogP contribution in [0.2, 0.25) is 0 Å². The van der Waals surface area contributed by atoms with Gasteiger partial charge in [-0.3, -0.25) is 4.79 Å². The van der Waals surface area contributed by atoms with Crippen LogP contribution in [0.5, 0.6) is 0 Å². The number of carbonyl (C=O) groups is 2. The number of ether oxygens (including phenoxy) is 1. The molecule has 1 unspecified atom stereocenters.